The first kappa shape index (κ1) is 8.57. The number of carbonyl (C=O) groups excluding carboxylic acids is 1. The van der Waals surface area contributed by atoms with Crippen molar-refractivity contribution in [3.8, 4) is 0 Å². The highest BCUT2D eigenvalue weighted by Crippen LogP contribution is 2.36. The van der Waals surface area contributed by atoms with E-state index in [1.165, 1.54) is 6.42 Å². The van der Waals surface area contributed by atoms with Crippen molar-refractivity contribution in [3.63, 3.8) is 0 Å². The van der Waals surface area contributed by atoms with Crippen LogP contribution in [0.5, 0.6) is 0 Å². The summed E-state index contributed by atoms with van der Waals surface area (Å²) in [5, 5.41) is 0. The minimum atomic E-state index is 0.228. The molecule has 0 unspecified atom stereocenters. The van der Waals surface area contributed by atoms with Crippen LogP contribution in [-0.2, 0) is 4.79 Å². The molecule has 64 valence electrons. The zero-order valence-corrected chi connectivity index (χ0v) is 7.68. The van der Waals surface area contributed by atoms with E-state index in [0.717, 1.165) is 19.4 Å². The number of rotatable bonds is 2. The van der Waals surface area contributed by atoms with Gasteiger partial charge in [0.1, 0.15) is 0 Å². The molecule has 0 aliphatic carbocycles. The summed E-state index contributed by atoms with van der Waals surface area (Å²) < 4.78 is 0. The van der Waals surface area contributed by atoms with Gasteiger partial charge in [0.25, 0.3) is 0 Å². The van der Waals surface area contributed by atoms with Crippen LogP contribution >= 0.6 is 0 Å². The van der Waals surface area contributed by atoms with Crippen molar-refractivity contribution in [2.24, 2.45) is 0 Å². The smallest absolute Gasteiger partial charge is 0.219 e. The summed E-state index contributed by atoms with van der Waals surface area (Å²) >= 11 is 0. The number of nitrogens with zero attached hydrogens (tertiary/aromatic N) is 1. The van der Waals surface area contributed by atoms with Gasteiger partial charge in [0, 0.05) is 19.0 Å². The van der Waals surface area contributed by atoms with E-state index in [1.807, 2.05) is 4.90 Å². The highest BCUT2D eigenvalue weighted by atomic mass is 16.2. The van der Waals surface area contributed by atoms with Gasteiger partial charge in [-0.3, -0.25) is 4.79 Å². The number of carbonyl (C=O) groups is 1. The quantitative estimate of drug-likeness (QED) is 0.595. The van der Waals surface area contributed by atoms with Crippen molar-refractivity contribution in [2.75, 3.05) is 6.54 Å². The second-order valence-electron chi connectivity index (χ2n) is 3.35. The maximum atomic E-state index is 11.1. The Hall–Kier alpha value is -0.530. The number of amides is 1. The van der Waals surface area contributed by atoms with Crippen LogP contribution in [0.25, 0.3) is 0 Å². The Morgan fingerprint density at radius 3 is 2.09 bits per heavy atom. The molecule has 0 radical (unpaired) electrons. The largest absolute Gasteiger partial charge is 0.337 e. The van der Waals surface area contributed by atoms with Gasteiger partial charge in [0.15, 0.2) is 0 Å². The van der Waals surface area contributed by atoms with Crippen LogP contribution in [0, 0.1) is 0 Å². The topological polar surface area (TPSA) is 20.3 Å². The minimum Gasteiger partial charge on any atom is -0.337 e. The second kappa shape index (κ2) is 2.84. The Balaban J connectivity index is 2.64. The first-order chi connectivity index (χ1) is 5.16. The van der Waals surface area contributed by atoms with E-state index in [4.69, 9.17) is 0 Å². The summed E-state index contributed by atoms with van der Waals surface area (Å²) in [5.41, 5.74) is 0.228. The van der Waals surface area contributed by atoms with Gasteiger partial charge in [-0.1, -0.05) is 13.8 Å². The molecule has 0 atom stereocenters. The summed E-state index contributed by atoms with van der Waals surface area (Å²) in [4.78, 5) is 13.1. The third-order valence-corrected chi connectivity index (χ3v) is 3.07. The zero-order valence-electron chi connectivity index (χ0n) is 7.68. The third kappa shape index (κ3) is 1.15. The van der Waals surface area contributed by atoms with Gasteiger partial charge < -0.3 is 4.90 Å². The lowest BCUT2D eigenvalue weighted by Gasteiger charge is -2.52. The van der Waals surface area contributed by atoms with E-state index >= 15 is 0 Å². The lowest BCUT2D eigenvalue weighted by Crippen LogP contribution is -2.60. The summed E-state index contributed by atoms with van der Waals surface area (Å²) in [5.74, 6) is 0.236. The summed E-state index contributed by atoms with van der Waals surface area (Å²) in [6, 6.07) is 0. The summed E-state index contributed by atoms with van der Waals surface area (Å²) in [6.45, 7) is 6.97. The van der Waals surface area contributed by atoms with E-state index in [0.29, 0.717) is 0 Å². The third-order valence-electron chi connectivity index (χ3n) is 3.07. The molecule has 1 fully saturated rings. The lowest BCUT2D eigenvalue weighted by molar-refractivity contribution is -0.145. The predicted octanol–water partition coefficient (Wildman–Crippen LogP) is 1.80. The normalized spacial score (nSPS) is 21.2. The average molecular weight is 155 g/mol. The number of likely N-dealkylation sites (tertiary alicyclic amines) is 1. The molecule has 2 heteroatoms. The van der Waals surface area contributed by atoms with Crippen molar-refractivity contribution in [2.45, 2.75) is 45.6 Å². The van der Waals surface area contributed by atoms with Gasteiger partial charge in [-0.2, -0.15) is 0 Å². The van der Waals surface area contributed by atoms with Crippen LogP contribution in [-0.4, -0.2) is 22.9 Å². The first-order valence-corrected chi connectivity index (χ1v) is 4.44. The van der Waals surface area contributed by atoms with Crippen LogP contribution < -0.4 is 0 Å². The molecule has 1 rings (SSSR count). The van der Waals surface area contributed by atoms with E-state index in [2.05, 4.69) is 13.8 Å². The highest BCUT2D eigenvalue weighted by molar-refractivity contribution is 5.75. The molecule has 0 N–H and O–H groups in total. The van der Waals surface area contributed by atoms with Gasteiger partial charge in [-0.25, -0.2) is 0 Å². The molecule has 0 bridgehead atoms. The Kier molecular flexibility index (Phi) is 2.21. The molecule has 11 heavy (non-hydrogen) atoms. The molecule has 0 aromatic carbocycles. The van der Waals surface area contributed by atoms with E-state index in [-0.39, 0.29) is 11.4 Å². The fourth-order valence-corrected chi connectivity index (χ4v) is 2.02. The molecular formula is C9H17NO. The SMILES string of the molecule is CCC1(CC)CCN1C(C)=O. The second-order valence-corrected chi connectivity index (χ2v) is 3.35. The lowest BCUT2D eigenvalue weighted by atomic mass is 9.80. The van der Waals surface area contributed by atoms with Gasteiger partial charge in [-0.15, -0.1) is 0 Å². The number of hydrogen-bond acceptors (Lipinski definition) is 1. The Labute approximate surface area is 68.6 Å². The standard InChI is InChI=1S/C9H17NO/c1-4-9(5-2)6-7-10(9)8(3)11/h4-7H2,1-3H3. The van der Waals surface area contributed by atoms with E-state index < -0.39 is 0 Å². The summed E-state index contributed by atoms with van der Waals surface area (Å²) in [7, 11) is 0. The molecule has 0 saturated carbocycles. The summed E-state index contributed by atoms with van der Waals surface area (Å²) in [6.07, 6.45) is 3.39. The molecule has 0 aromatic heterocycles. The highest BCUT2D eigenvalue weighted by Gasteiger charge is 2.42. The van der Waals surface area contributed by atoms with Gasteiger partial charge in [0.2, 0.25) is 5.91 Å². The van der Waals surface area contributed by atoms with Crippen molar-refractivity contribution in [1.29, 1.82) is 0 Å². The van der Waals surface area contributed by atoms with Crippen LogP contribution in [0.3, 0.4) is 0 Å². The molecular weight excluding hydrogens is 138 g/mol. The molecule has 1 aliphatic rings. The van der Waals surface area contributed by atoms with Crippen LogP contribution in [0.2, 0.25) is 0 Å². The maximum absolute atomic E-state index is 11.1. The Morgan fingerprint density at radius 1 is 1.45 bits per heavy atom. The Morgan fingerprint density at radius 2 is 2.00 bits per heavy atom. The fourth-order valence-electron chi connectivity index (χ4n) is 2.02. The van der Waals surface area contributed by atoms with E-state index in [1.54, 1.807) is 6.92 Å². The molecule has 1 amide bonds. The van der Waals surface area contributed by atoms with Gasteiger partial charge in [-0.05, 0) is 19.3 Å². The van der Waals surface area contributed by atoms with Gasteiger partial charge in [0.05, 0.1) is 0 Å². The van der Waals surface area contributed by atoms with Crippen molar-refractivity contribution < 1.29 is 4.79 Å². The molecule has 2 nitrogen and oxygen atoms in total. The van der Waals surface area contributed by atoms with Crippen molar-refractivity contribution >= 4 is 5.91 Å². The van der Waals surface area contributed by atoms with Crippen LogP contribution in [0.15, 0.2) is 0 Å². The van der Waals surface area contributed by atoms with Gasteiger partial charge >= 0.3 is 0 Å². The zero-order chi connectivity index (χ0) is 8.48. The maximum Gasteiger partial charge on any atom is 0.219 e. The number of hydrogen-bond donors (Lipinski definition) is 0. The fraction of sp³-hybridized carbons (Fsp3) is 0.889. The minimum absolute atomic E-state index is 0.228. The first-order valence-electron chi connectivity index (χ1n) is 4.44. The van der Waals surface area contributed by atoms with Crippen LogP contribution in [0.1, 0.15) is 40.0 Å². The van der Waals surface area contributed by atoms with Crippen LogP contribution in [0.4, 0.5) is 0 Å². The van der Waals surface area contributed by atoms with Crippen molar-refractivity contribution in [3.05, 3.63) is 0 Å². The molecule has 1 heterocycles. The molecule has 1 saturated heterocycles. The van der Waals surface area contributed by atoms with E-state index in [9.17, 15) is 4.79 Å². The van der Waals surface area contributed by atoms with Crippen molar-refractivity contribution in [1.82, 2.24) is 4.90 Å². The monoisotopic (exact) mass is 155 g/mol. The molecule has 0 aromatic rings. The molecule has 0 spiro atoms. The Bertz CT molecular complexity index is 155. The average Bonchev–Trinajstić information content (AvgIpc) is 1.87. The molecule has 1 aliphatic heterocycles. The predicted molar refractivity (Wildman–Crippen MR) is 45.3 cm³/mol.